The van der Waals surface area contributed by atoms with E-state index in [-0.39, 0.29) is 79.5 Å². The van der Waals surface area contributed by atoms with Crippen molar-refractivity contribution in [2.75, 3.05) is 0 Å². The Morgan fingerprint density at radius 1 is 0.800 bits per heavy atom. The Labute approximate surface area is 78.8 Å². The molecule has 0 aliphatic rings. The largest absolute Gasteiger partial charge is 0.0149 e. The molecule has 0 aromatic carbocycles. The van der Waals surface area contributed by atoms with E-state index in [0.29, 0.717) is 0 Å². The van der Waals surface area contributed by atoms with Gasteiger partial charge in [0.05, 0.1) is 0 Å². The third-order valence-corrected chi connectivity index (χ3v) is 0. The van der Waals surface area contributed by atoms with Crippen molar-refractivity contribution in [1.82, 2.24) is 0 Å². The Balaban J connectivity index is 0. The van der Waals surface area contributed by atoms with E-state index in [2.05, 4.69) is 0 Å². The molecule has 5 heavy (non-hydrogen) atoms. The molecule has 0 amide bonds. The Hall–Kier alpha value is 2.31. The van der Waals surface area contributed by atoms with Crippen molar-refractivity contribution in [2.45, 2.75) is 0 Å². The zero-order chi connectivity index (χ0) is 0. The number of rotatable bonds is 0. The maximum Gasteiger partial charge on any atom is 0 e. The first kappa shape index (κ1) is 54.6. The summed E-state index contributed by atoms with van der Waals surface area (Å²) >= 11 is 0. The molecule has 0 fully saturated rings. The molecule has 0 aliphatic heterocycles. The molecular formula is H4CrFeMn2Si. The van der Waals surface area contributed by atoms with Gasteiger partial charge in [0, 0.05) is 68.6 Å². The molecule has 0 aromatic rings. The fourth-order valence-corrected chi connectivity index (χ4v) is 0. The molecule has 5 heteroatoms. The van der Waals surface area contributed by atoms with Crippen molar-refractivity contribution in [3.05, 3.63) is 0 Å². The van der Waals surface area contributed by atoms with Gasteiger partial charge < -0.3 is 0 Å². The van der Waals surface area contributed by atoms with Gasteiger partial charge in [-0.05, 0) is 11.0 Å². The Bertz CT molecular complexity index is 9.61. The third-order valence-electron chi connectivity index (χ3n) is 0. The van der Waals surface area contributed by atoms with Gasteiger partial charge in [-0.2, -0.15) is 0 Å². The fourth-order valence-electron chi connectivity index (χ4n) is 0. The van der Waals surface area contributed by atoms with E-state index in [4.69, 9.17) is 0 Å². The summed E-state index contributed by atoms with van der Waals surface area (Å²) in [6, 6.07) is 0. The van der Waals surface area contributed by atoms with E-state index in [1.165, 1.54) is 0 Å². The first-order valence-corrected chi connectivity index (χ1v) is 0. The molecule has 0 saturated carbocycles. The van der Waals surface area contributed by atoms with Crippen molar-refractivity contribution in [3.8, 4) is 0 Å². The van der Waals surface area contributed by atoms with Crippen molar-refractivity contribution in [2.24, 2.45) is 0 Å². The van der Waals surface area contributed by atoms with Crippen LogP contribution in [0.2, 0.25) is 0 Å². The van der Waals surface area contributed by atoms with Crippen LogP contribution in [-0.2, 0) is 68.6 Å². The molecule has 2 radical (unpaired) electrons. The van der Waals surface area contributed by atoms with Gasteiger partial charge in [-0.3, -0.25) is 0 Å². The minimum Gasteiger partial charge on any atom is -0.0149 e. The standard InChI is InChI=1S/Cr.Fe.2Mn.H4Si/h;;;;1H4. The summed E-state index contributed by atoms with van der Waals surface area (Å²) in [6.45, 7) is 0. The van der Waals surface area contributed by atoms with Crippen LogP contribution in [0, 0.1) is 0 Å². The van der Waals surface area contributed by atoms with E-state index >= 15 is 0 Å². The SMILES string of the molecule is [Cr].[Fe].[Mn].[Mn].[SiH4]. The molecule has 0 unspecified atom stereocenters. The van der Waals surface area contributed by atoms with Crippen LogP contribution in [0.1, 0.15) is 0 Å². The van der Waals surface area contributed by atoms with Gasteiger partial charge in [0.15, 0.2) is 0 Å². The van der Waals surface area contributed by atoms with Gasteiger partial charge in [0.25, 0.3) is 0 Å². The minimum absolute atomic E-state index is 0. The molecule has 0 aliphatic carbocycles. The van der Waals surface area contributed by atoms with Crippen LogP contribution in [0.5, 0.6) is 0 Å². The summed E-state index contributed by atoms with van der Waals surface area (Å²) in [6.07, 6.45) is 0. The molecule has 0 N–H and O–H groups in total. The molecular weight excluding hydrogens is 246 g/mol. The Kier molecular flexibility index (Phi) is 364. The summed E-state index contributed by atoms with van der Waals surface area (Å²) in [5.41, 5.74) is 0. The molecule has 0 bridgehead atoms. The van der Waals surface area contributed by atoms with Crippen LogP contribution in [0.15, 0.2) is 0 Å². The average molecular weight is 250 g/mol. The van der Waals surface area contributed by atoms with Gasteiger partial charge >= 0.3 is 0 Å². The van der Waals surface area contributed by atoms with Crippen LogP contribution in [0.4, 0.5) is 0 Å². The van der Waals surface area contributed by atoms with Crippen LogP contribution < -0.4 is 0 Å². The van der Waals surface area contributed by atoms with E-state index in [1.807, 2.05) is 0 Å². The van der Waals surface area contributed by atoms with Crippen molar-refractivity contribution < 1.29 is 68.6 Å². The molecule has 0 saturated heterocycles. The normalized spacial score (nSPS) is 0. The zero-order valence-electron chi connectivity index (χ0n) is 1.52. The van der Waals surface area contributed by atoms with Gasteiger partial charge in [0.1, 0.15) is 0 Å². The Morgan fingerprint density at radius 3 is 0.800 bits per heavy atom. The summed E-state index contributed by atoms with van der Waals surface area (Å²) in [7, 11) is 0. The quantitative estimate of drug-likeness (QED) is 0.461. The number of hydrogen-bond acceptors (Lipinski definition) is 0. The Morgan fingerprint density at radius 2 is 0.800 bits per heavy atom. The molecule has 0 heterocycles. The van der Waals surface area contributed by atoms with Gasteiger partial charge in [-0.15, -0.1) is 0 Å². The van der Waals surface area contributed by atoms with E-state index in [9.17, 15) is 0 Å². The van der Waals surface area contributed by atoms with Crippen molar-refractivity contribution in [3.63, 3.8) is 0 Å². The second-order valence-electron chi connectivity index (χ2n) is 0. The predicted octanol–water partition coefficient (Wildman–Crippen LogP) is -1.46. The van der Waals surface area contributed by atoms with Gasteiger partial charge in [0.2, 0.25) is 0 Å². The van der Waals surface area contributed by atoms with E-state index < -0.39 is 0 Å². The topological polar surface area (TPSA) is 0 Å². The van der Waals surface area contributed by atoms with Crippen molar-refractivity contribution in [1.29, 1.82) is 0 Å². The first-order valence-electron chi connectivity index (χ1n) is 0. The van der Waals surface area contributed by atoms with Crippen LogP contribution >= 0.6 is 0 Å². The molecule has 0 aromatic heterocycles. The minimum atomic E-state index is 0. The fraction of sp³-hybridized carbons (Fsp3) is 0. The zero-order valence-corrected chi connectivity index (χ0v) is 6.26. The molecule has 0 spiro atoms. The first-order chi connectivity index (χ1) is 0. The van der Waals surface area contributed by atoms with Gasteiger partial charge in [-0.25, -0.2) is 0 Å². The second kappa shape index (κ2) is 33.4. The summed E-state index contributed by atoms with van der Waals surface area (Å²) in [4.78, 5) is 0. The summed E-state index contributed by atoms with van der Waals surface area (Å²) in [5.74, 6) is 0. The third kappa shape index (κ3) is 22.0. The second-order valence-corrected chi connectivity index (χ2v) is 0. The maximum atomic E-state index is 0. The smallest absolute Gasteiger partial charge is 0 e. The van der Waals surface area contributed by atoms with Crippen LogP contribution in [-0.4, -0.2) is 11.0 Å². The van der Waals surface area contributed by atoms with Gasteiger partial charge in [-0.1, -0.05) is 0 Å². The number of hydrogen-bond donors (Lipinski definition) is 0. The summed E-state index contributed by atoms with van der Waals surface area (Å²) in [5, 5.41) is 0. The molecule has 0 atom stereocenters. The maximum absolute atomic E-state index is 0. The van der Waals surface area contributed by atoms with E-state index in [0.717, 1.165) is 0 Å². The predicted molar refractivity (Wildman–Crippen MR) is 11.3 cm³/mol. The monoisotopic (exact) mass is 250 g/mol. The van der Waals surface area contributed by atoms with Crippen LogP contribution in [0.25, 0.3) is 0 Å². The average Bonchev–Trinajstić information content (AvgIpc) is 0. The van der Waals surface area contributed by atoms with Crippen LogP contribution in [0.3, 0.4) is 0 Å². The van der Waals surface area contributed by atoms with Crippen molar-refractivity contribution >= 4 is 11.0 Å². The summed E-state index contributed by atoms with van der Waals surface area (Å²) < 4.78 is 0. The molecule has 0 nitrogen and oxygen atoms in total. The molecule has 36 valence electrons. The molecule has 0 rings (SSSR count). The van der Waals surface area contributed by atoms with E-state index in [1.54, 1.807) is 0 Å².